The van der Waals surface area contributed by atoms with E-state index in [-0.39, 0.29) is 6.42 Å². The lowest BCUT2D eigenvalue weighted by molar-refractivity contribution is -0.408. The number of hydrogen-bond donors (Lipinski definition) is 24. The van der Waals surface area contributed by atoms with Crippen LogP contribution in [0.15, 0.2) is 12.2 Å². The van der Waals surface area contributed by atoms with Crippen LogP contribution in [0.2, 0.25) is 0 Å². The van der Waals surface area contributed by atoms with E-state index in [1.54, 1.807) is 6.08 Å². The van der Waals surface area contributed by atoms with Crippen LogP contribution < -0.4 is 16.0 Å². The number of carbonyl (C=O) groups is 6. The van der Waals surface area contributed by atoms with Crippen LogP contribution in [0.4, 0.5) is 0 Å². The number of aliphatic carboxylic acids is 2. The number of allylic oxidation sites excluding steroid dienone is 1. The molecular weight excluding hydrogens is 1610 g/mol. The standard InChI is InChI=1S/C79H137N3O39/c1-6-8-10-12-14-16-17-18-19-21-22-24-26-28-45(92)44(82-54(97)29-27-25-23-20-15-13-11-9-7-2)39-110-73-62(103)61(102)66(52(37-87)113-73)116-75-64(105)71(121-79(77(108)109)32-47(94)56(81-42(5)91)69(119-79)58(99)49(96)34-84)67(53(38-88)114-75)117-72-43(30-40(3)89)65(59(100)50(35-85)111-72)115-74-63(104)70(60(101)51(36-86)112-74)120-78(76(106)107)31-46(93)55(80-41(4)90)68(118-78)57(98)48(95)33-83/h26,28,43-53,55-75,83-88,92-96,98-105H,6-25,27,29-39H2,1-5H3,(H,80,90)(H,81,91)(H,82,97)(H,106,107)(H,108,109)/t43-,44+,45-,46+,47+,48-,49-,50-,51-,52-,53-,55-,56-,57-,58-,59+,60+,61-,62-,63-,64-,65-,66-,67+,68?,69?,70+,71-,72+,73-,74+,75+,78+,79+/m1/s1. The molecule has 0 aliphatic carbocycles. The van der Waals surface area contributed by atoms with E-state index in [9.17, 15) is 136 Å². The van der Waals surface area contributed by atoms with Gasteiger partial charge in [0, 0.05) is 45.4 Å². The van der Waals surface area contributed by atoms with Crippen LogP contribution in [0.5, 0.6) is 0 Å². The average Bonchev–Trinajstić information content (AvgIpc) is 0.753. The lowest BCUT2D eigenvalue weighted by Gasteiger charge is -2.53. The molecule has 2 unspecified atom stereocenters. The summed E-state index contributed by atoms with van der Waals surface area (Å²) in [5, 5.41) is 244. The smallest absolute Gasteiger partial charge is 0.364 e. The van der Waals surface area contributed by atoms with Crippen molar-refractivity contribution in [3.63, 3.8) is 0 Å². The molecule has 6 saturated heterocycles. The van der Waals surface area contributed by atoms with Crippen LogP contribution >= 0.6 is 0 Å². The SMILES string of the molecule is CCCCCCCCCCCCCC=C[C@@H](O)[C@H](CO[C@@H]1O[C@H](CO)[C@@H](O[C@@H]2O[C@H](CO)[C@H](O[C@@H]3O[C@H](CO)[C@H](O)[C@H](O[C@@H]4O[C@H](CO)[C@H](O)[C@H](O[C@]5(C(=O)O)C[C@H](O)[C@@H](NC(C)=O)C([C@H](O)[C@H](O)CO)O5)[C@H]4O)[C@H]3CC(C)=O)[C@H](O[C@]3(C(=O)O)C[C@H](O)[C@@H](NC(C)=O)C([C@H](O)[C@H](O)CO)O3)[C@H]2O)[C@H](O)[C@H]1O)NC(=O)CCCCCCCCCCC. The molecule has 6 rings (SSSR count). The van der Waals surface area contributed by atoms with E-state index < -0.39 is 308 Å². The van der Waals surface area contributed by atoms with Crippen LogP contribution in [0.3, 0.4) is 0 Å². The van der Waals surface area contributed by atoms with E-state index in [1.165, 1.54) is 44.6 Å². The van der Waals surface area contributed by atoms with Crippen LogP contribution in [0.1, 0.15) is 195 Å². The summed E-state index contributed by atoms with van der Waals surface area (Å²) in [5.74, 6) is -16.1. The number of aliphatic hydroxyl groups is 19. The minimum atomic E-state index is -3.48. The van der Waals surface area contributed by atoms with Gasteiger partial charge < -0.3 is 185 Å². The van der Waals surface area contributed by atoms with Crippen molar-refractivity contribution in [2.24, 2.45) is 5.92 Å². The largest absolute Gasteiger partial charge is 0.477 e. The molecule has 6 aliphatic rings. The first kappa shape index (κ1) is 105. The maximum absolute atomic E-state index is 14.0. The van der Waals surface area contributed by atoms with E-state index >= 15 is 0 Å². The molecule has 0 spiro atoms. The molecule has 121 heavy (non-hydrogen) atoms. The fourth-order valence-corrected chi connectivity index (χ4v) is 16.1. The summed E-state index contributed by atoms with van der Waals surface area (Å²) >= 11 is 0. The number of unbranched alkanes of at least 4 members (excludes halogenated alkanes) is 19. The zero-order chi connectivity index (χ0) is 89.6. The molecule has 6 heterocycles. The third-order valence-corrected chi connectivity index (χ3v) is 22.9. The van der Waals surface area contributed by atoms with Gasteiger partial charge in [0.15, 0.2) is 25.2 Å². The first-order valence-electron chi connectivity index (χ1n) is 42.4. The van der Waals surface area contributed by atoms with Gasteiger partial charge in [-0.1, -0.05) is 142 Å². The van der Waals surface area contributed by atoms with Crippen molar-refractivity contribution in [2.75, 3.05) is 46.2 Å². The molecule has 0 radical (unpaired) electrons. The molecule has 34 atom stereocenters. The number of rotatable bonds is 54. The molecule has 0 aromatic rings. The van der Waals surface area contributed by atoms with Gasteiger partial charge in [0.2, 0.25) is 17.7 Å². The number of ether oxygens (including phenoxy) is 12. The van der Waals surface area contributed by atoms with Gasteiger partial charge in [-0.2, -0.15) is 0 Å². The van der Waals surface area contributed by atoms with Gasteiger partial charge in [-0.05, 0) is 26.2 Å². The fourth-order valence-electron chi connectivity index (χ4n) is 16.1. The second kappa shape index (κ2) is 52.1. The number of Topliss-reactive ketones (excluding diaryl/α,β-unsaturated/α-hetero) is 1. The maximum atomic E-state index is 14.0. The fraction of sp³-hybridized carbons (Fsp3) is 0.899. The normalized spacial score (nSPS) is 36.3. The number of aliphatic hydroxyl groups excluding tert-OH is 19. The Morgan fingerprint density at radius 2 is 0.851 bits per heavy atom. The van der Waals surface area contributed by atoms with Crippen molar-refractivity contribution in [3.8, 4) is 0 Å². The molecule has 42 heteroatoms. The monoisotopic (exact) mass is 1750 g/mol. The van der Waals surface area contributed by atoms with Crippen molar-refractivity contribution in [1.82, 2.24) is 16.0 Å². The van der Waals surface area contributed by atoms with Gasteiger partial charge in [-0.15, -0.1) is 0 Å². The Balaban J connectivity index is 1.33. The Hall–Kier alpha value is -4.48. The molecular formula is C79H137N3O39. The topological polar surface area (TPSA) is 674 Å². The minimum Gasteiger partial charge on any atom is -0.477 e. The first-order chi connectivity index (χ1) is 57.6. The highest BCUT2D eigenvalue weighted by Crippen LogP contribution is 2.44. The van der Waals surface area contributed by atoms with E-state index in [0.29, 0.717) is 12.8 Å². The van der Waals surface area contributed by atoms with Crippen molar-refractivity contribution in [2.45, 2.75) is 396 Å². The number of hydrogen-bond acceptors (Lipinski definition) is 37. The lowest BCUT2D eigenvalue weighted by Crippen LogP contribution is -2.71. The van der Waals surface area contributed by atoms with Crippen molar-refractivity contribution in [3.05, 3.63) is 12.2 Å². The highest BCUT2D eigenvalue weighted by atomic mass is 16.8. The van der Waals surface area contributed by atoms with Gasteiger partial charge in [0.25, 0.3) is 11.6 Å². The molecule has 6 fully saturated rings. The van der Waals surface area contributed by atoms with Gasteiger partial charge in [-0.3, -0.25) is 14.4 Å². The summed E-state index contributed by atoms with van der Waals surface area (Å²) in [6.07, 6.45) is -40.2. The minimum absolute atomic E-state index is 0.0956. The number of amides is 3. The molecule has 702 valence electrons. The predicted molar refractivity (Wildman–Crippen MR) is 413 cm³/mol. The summed E-state index contributed by atoms with van der Waals surface area (Å²) in [6, 6.07) is -4.77. The van der Waals surface area contributed by atoms with Crippen molar-refractivity contribution in [1.29, 1.82) is 0 Å². The van der Waals surface area contributed by atoms with Crippen LogP contribution in [-0.4, -0.2) is 390 Å². The quantitative estimate of drug-likeness (QED) is 0.0200. The van der Waals surface area contributed by atoms with Gasteiger partial charge in [-0.25, -0.2) is 9.59 Å². The summed E-state index contributed by atoms with van der Waals surface area (Å²) < 4.78 is 72.5. The predicted octanol–water partition coefficient (Wildman–Crippen LogP) is -5.12. The average molecular weight is 1750 g/mol. The molecule has 0 bridgehead atoms. The van der Waals surface area contributed by atoms with E-state index in [2.05, 4.69) is 29.8 Å². The number of ketones is 1. The van der Waals surface area contributed by atoms with E-state index in [4.69, 9.17) is 56.8 Å². The molecule has 6 aliphatic heterocycles. The summed E-state index contributed by atoms with van der Waals surface area (Å²) in [6.45, 7) is -0.709. The summed E-state index contributed by atoms with van der Waals surface area (Å²) in [5.41, 5.74) is 0. The second-order valence-electron chi connectivity index (χ2n) is 32.5. The molecule has 3 amide bonds. The highest BCUT2D eigenvalue weighted by Gasteiger charge is 2.64. The Kier molecular flexibility index (Phi) is 45.3. The maximum Gasteiger partial charge on any atom is 0.364 e. The van der Waals surface area contributed by atoms with E-state index in [0.717, 1.165) is 104 Å². The lowest BCUT2D eigenvalue weighted by atomic mass is 9.86. The Labute approximate surface area is 702 Å². The zero-order valence-corrected chi connectivity index (χ0v) is 69.5. The van der Waals surface area contributed by atoms with Gasteiger partial charge in [0.05, 0.1) is 88.8 Å². The van der Waals surface area contributed by atoms with Crippen LogP contribution in [-0.2, 0) is 85.6 Å². The summed E-state index contributed by atoms with van der Waals surface area (Å²) in [7, 11) is 0. The Morgan fingerprint density at radius 1 is 0.455 bits per heavy atom. The molecule has 0 aromatic carbocycles. The molecule has 24 N–H and O–H groups in total. The molecule has 0 aromatic heterocycles. The summed E-state index contributed by atoms with van der Waals surface area (Å²) in [4.78, 5) is 79.5. The Morgan fingerprint density at radius 3 is 1.30 bits per heavy atom. The zero-order valence-electron chi connectivity index (χ0n) is 69.5. The third kappa shape index (κ3) is 29.5. The van der Waals surface area contributed by atoms with Crippen molar-refractivity contribution >= 4 is 35.4 Å². The Bertz CT molecular complexity index is 3080. The number of carbonyl (C=O) groups excluding carboxylic acids is 4. The third-order valence-electron chi connectivity index (χ3n) is 22.9. The van der Waals surface area contributed by atoms with Gasteiger partial charge >= 0.3 is 11.9 Å². The van der Waals surface area contributed by atoms with E-state index in [1.807, 2.05) is 0 Å². The van der Waals surface area contributed by atoms with Crippen LogP contribution in [0.25, 0.3) is 0 Å². The van der Waals surface area contributed by atoms with Gasteiger partial charge in [0.1, 0.15) is 128 Å². The number of carboxylic acid groups (broad SMARTS) is 2. The molecule has 0 saturated carbocycles. The number of carboxylic acids is 2. The number of nitrogens with one attached hydrogen (secondary N) is 3. The second-order valence-corrected chi connectivity index (χ2v) is 32.5. The van der Waals surface area contributed by atoms with Crippen LogP contribution in [0, 0.1) is 5.92 Å². The molecule has 42 nitrogen and oxygen atoms in total. The first-order valence-corrected chi connectivity index (χ1v) is 42.4. The highest BCUT2D eigenvalue weighted by molar-refractivity contribution is 5.78. The van der Waals surface area contributed by atoms with Crippen molar-refractivity contribution < 1.29 is 193 Å².